The molecule has 3 heteroatoms. The van der Waals surface area contributed by atoms with E-state index in [1.165, 1.54) is 0 Å². The first-order valence-electron chi connectivity index (χ1n) is 6.46. The van der Waals surface area contributed by atoms with E-state index in [4.69, 9.17) is 0 Å². The largest absolute Gasteiger partial charge is 0.322 e. The van der Waals surface area contributed by atoms with Crippen LogP contribution in [0.2, 0.25) is 0 Å². The average molecular weight is 224 g/mol. The lowest BCUT2D eigenvalue weighted by Crippen LogP contribution is -2.43. The van der Waals surface area contributed by atoms with Gasteiger partial charge in [-0.3, -0.25) is 10.1 Å². The van der Waals surface area contributed by atoms with E-state index in [2.05, 4.69) is 44.8 Å². The summed E-state index contributed by atoms with van der Waals surface area (Å²) in [6.45, 7) is 11.0. The molecular weight excluding hydrogens is 200 g/mol. The monoisotopic (exact) mass is 224 g/mol. The van der Waals surface area contributed by atoms with Crippen molar-refractivity contribution in [2.24, 2.45) is 11.3 Å². The van der Waals surface area contributed by atoms with Crippen LogP contribution in [0.3, 0.4) is 0 Å². The van der Waals surface area contributed by atoms with Crippen LogP contribution in [0.1, 0.15) is 47.5 Å². The molecule has 2 aliphatic rings. The fourth-order valence-corrected chi connectivity index (χ4v) is 2.74. The maximum Gasteiger partial charge on any atom is 0.241 e. The molecule has 2 fully saturated rings. The summed E-state index contributed by atoms with van der Waals surface area (Å²) in [5.74, 6) is 0.800. The Bertz CT molecular complexity index is 298. The van der Waals surface area contributed by atoms with Crippen molar-refractivity contribution in [1.82, 2.24) is 10.2 Å². The van der Waals surface area contributed by atoms with Gasteiger partial charge in [-0.1, -0.05) is 34.6 Å². The molecule has 0 spiro atoms. The summed E-state index contributed by atoms with van der Waals surface area (Å²) < 4.78 is 0. The van der Waals surface area contributed by atoms with Gasteiger partial charge in [0.05, 0.1) is 12.2 Å². The molecule has 0 bridgehead atoms. The highest BCUT2D eigenvalue weighted by Gasteiger charge is 2.56. The van der Waals surface area contributed by atoms with Gasteiger partial charge in [0.25, 0.3) is 0 Å². The van der Waals surface area contributed by atoms with Gasteiger partial charge in [-0.2, -0.15) is 0 Å². The molecule has 1 aliphatic carbocycles. The molecule has 3 unspecified atom stereocenters. The van der Waals surface area contributed by atoms with E-state index < -0.39 is 0 Å². The second kappa shape index (κ2) is 3.73. The molecule has 0 aromatic heterocycles. The molecule has 1 heterocycles. The van der Waals surface area contributed by atoms with Gasteiger partial charge < -0.3 is 4.90 Å². The average Bonchev–Trinajstić information content (AvgIpc) is 2.68. The maximum atomic E-state index is 12.3. The highest BCUT2D eigenvalue weighted by molar-refractivity contribution is 5.85. The Morgan fingerprint density at radius 1 is 1.50 bits per heavy atom. The first kappa shape index (κ1) is 11.9. The van der Waals surface area contributed by atoms with Crippen LogP contribution in [0.15, 0.2) is 0 Å². The van der Waals surface area contributed by atoms with Gasteiger partial charge in [-0.25, -0.2) is 0 Å². The van der Waals surface area contributed by atoms with Crippen LogP contribution in [0.5, 0.6) is 0 Å². The van der Waals surface area contributed by atoms with Crippen LogP contribution in [0.4, 0.5) is 0 Å². The van der Waals surface area contributed by atoms with Crippen LogP contribution in [-0.4, -0.2) is 29.1 Å². The van der Waals surface area contributed by atoms with E-state index in [0.29, 0.717) is 23.3 Å². The van der Waals surface area contributed by atoms with Gasteiger partial charge in [-0.15, -0.1) is 0 Å². The summed E-state index contributed by atoms with van der Waals surface area (Å²) in [5, 5.41) is 3.48. The summed E-state index contributed by atoms with van der Waals surface area (Å²) in [6, 6.07) is 0.500. The number of carbonyl (C=O) groups excluding carboxylic acids is 1. The molecule has 16 heavy (non-hydrogen) atoms. The Balaban J connectivity index is 2.17. The molecule has 1 saturated carbocycles. The zero-order valence-electron chi connectivity index (χ0n) is 11.1. The molecule has 92 valence electrons. The van der Waals surface area contributed by atoms with Crippen LogP contribution in [0.25, 0.3) is 0 Å². The molecule has 0 radical (unpaired) electrons. The predicted octanol–water partition coefficient (Wildman–Crippen LogP) is 1.98. The fourth-order valence-electron chi connectivity index (χ4n) is 2.74. The third kappa shape index (κ3) is 1.75. The Labute approximate surface area is 98.6 Å². The number of hydrogen-bond donors (Lipinski definition) is 1. The van der Waals surface area contributed by atoms with Crippen molar-refractivity contribution in [3.05, 3.63) is 0 Å². The number of nitrogens with one attached hydrogen (secondary N) is 1. The van der Waals surface area contributed by atoms with Gasteiger partial charge in [0, 0.05) is 6.04 Å². The molecule has 1 aliphatic heterocycles. The highest BCUT2D eigenvalue weighted by Crippen LogP contribution is 2.50. The van der Waals surface area contributed by atoms with Crippen molar-refractivity contribution in [3.8, 4) is 0 Å². The molecule has 3 nitrogen and oxygen atoms in total. The van der Waals surface area contributed by atoms with E-state index >= 15 is 0 Å². The number of nitrogens with zero attached hydrogens (tertiary/aromatic N) is 1. The molecule has 3 atom stereocenters. The fraction of sp³-hybridized carbons (Fsp3) is 0.923. The van der Waals surface area contributed by atoms with Crippen LogP contribution in [-0.2, 0) is 4.79 Å². The van der Waals surface area contributed by atoms with Crippen molar-refractivity contribution >= 4 is 5.91 Å². The second-order valence-electron chi connectivity index (χ2n) is 6.27. The number of carbonyl (C=O) groups is 1. The lowest BCUT2D eigenvalue weighted by atomic mass is 10.1. The minimum atomic E-state index is 0.0452. The number of rotatable bonds is 3. The molecule has 1 amide bonds. The summed E-state index contributed by atoms with van der Waals surface area (Å²) >= 11 is 0. The molecule has 0 aromatic rings. The molecular formula is C13H24N2O. The third-order valence-corrected chi connectivity index (χ3v) is 4.06. The van der Waals surface area contributed by atoms with E-state index in [9.17, 15) is 4.79 Å². The molecule has 1 saturated heterocycles. The molecule has 1 N–H and O–H groups in total. The Morgan fingerprint density at radius 2 is 2.06 bits per heavy atom. The van der Waals surface area contributed by atoms with Gasteiger partial charge in [0.1, 0.15) is 0 Å². The summed E-state index contributed by atoms with van der Waals surface area (Å²) in [5.41, 5.74) is 0.326. The van der Waals surface area contributed by atoms with E-state index in [-0.39, 0.29) is 12.2 Å². The standard InChI is InChI=1S/C13H24N2O/c1-6-9-12(16)15(10-7-13(10,4)5)11(14-9)8(2)3/h8-11,14H,6-7H2,1-5H3. The minimum Gasteiger partial charge on any atom is -0.322 e. The number of hydrogen-bond acceptors (Lipinski definition) is 2. The Hall–Kier alpha value is -0.570. The first-order chi connectivity index (χ1) is 7.38. The second-order valence-corrected chi connectivity index (χ2v) is 6.27. The SMILES string of the molecule is CCC1NC(C(C)C)N(C2CC2(C)C)C1=O. The van der Waals surface area contributed by atoms with Crippen molar-refractivity contribution in [3.63, 3.8) is 0 Å². The van der Waals surface area contributed by atoms with Crippen molar-refractivity contribution < 1.29 is 4.79 Å². The van der Waals surface area contributed by atoms with Gasteiger partial charge >= 0.3 is 0 Å². The van der Waals surface area contributed by atoms with Crippen LogP contribution in [0, 0.1) is 11.3 Å². The quantitative estimate of drug-likeness (QED) is 0.795. The topological polar surface area (TPSA) is 32.3 Å². The Morgan fingerprint density at radius 3 is 2.44 bits per heavy atom. The van der Waals surface area contributed by atoms with Crippen LogP contribution >= 0.6 is 0 Å². The number of amides is 1. The third-order valence-electron chi connectivity index (χ3n) is 4.06. The first-order valence-corrected chi connectivity index (χ1v) is 6.46. The zero-order valence-corrected chi connectivity index (χ0v) is 11.1. The van der Waals surface area contributed by atoms with Crippen molar-refractivity contribution in [2.45, 2.75) is 65.7 Å². The predicted molar refractivity (Wildman–Crippen MR) is 64.9 cm³/mol. The van der Waals surface area contributed by atoms with Gasteiger partial charge in [0.2, 0.25) is 5.91 Å². The minimum absolute atomic E-state index is 0.0452. The van der Waals surface area contributed by atoms with E-state index in [1.807, 2.05) is 0 Å². The highest BCUT2D eigenvalue weighted by atomic mass is 16.2. The van der Waals surface area contributed by atoms with E-state index in [1.54, 1.807) is 0 Å². The zero-order chi connectivity index (χ0) is 12.1. The lowest BCUT2D eigenvalue weighted by Gasteiger charge is -2.28. The Kier molecular flexibility index (Phi) is 2.77. The smallest absolute Gasteiger partial charge is 0.241 e. The maximum absolute atomic E-state index is 12.3. The van der Waals surface area contributed by atoms with Crippen molar-refractivity contribution in [1.29, 1.82) is 0 Å². The van der Waals surface area contributed by atoms with Gasteiger partial charge in [0.15, 0.2) is 0 Å². The summed E-state index contributed by atoms with van der Waals surface area (Å²) in [7, 11) is 0. The van der Waals surface area contributed by atoms with Crippen LogP contribution < -0.4 is 5.32 Å². The normalized spacial score (nSPS) is 37.2. The lowest BCUT2D eigenvalue weighted by molar-refractivity contribution is -0.131. The molecule has 0 aromatic carbocycles. The molecule has 2 rings (SSSR count). The summed E-state index contributed by atoms with van der Waals surface area (Å²) in [4.78, 5) is 14.4. The summed E-state index contributed by atoms with van der Waals surface area (Å²) in [6.07, 6.45) is 2.29. The van der Waals surface area contributed by atoms with E-state index in [0.717, 1.165) is 12.8 Å². The van der Waals surface area contributed by atoms with Gasteiger partial charge in [-0.05, 0) is 24.2 Å². The van der Waals surface area contributed by atoms with Crippen molar-refractivity contribution in [2.75, 3.05) is 0 Å².